The largest absolute Gasteiger partial charge is 0.465 e. The molecule has 0 saturated carbocycles. The van der Waals surface area contributed by atoms with Gasteiger partial charge in [-0.15, -0.1) is 0 Å². The number of allylic oxidation sites excluding steroid dienone is 2. The van der Waals surface area contributed by atoms with E-state index in [1.165, 1.54) is 6.08 Å². The van der Waals surface area contributed by atoms with Gasteiger partial charge < -0.3 is 9.73 Å². The molecule has 1 rings (SSSR count). The number of furan rings is 1. The first kappa shape index (κ1) is 12.8. The van der Waals surface area contributed by atoms with Crippen molar-refractivity contribution in [2.24, 2.45) is 0 Å². The SMILES string of the molecule is CC(C)NC(=O)/C(C#N)=C\C=C\c1ccco1. The normalized spacial score (nSPS) is 11.8. The van der Waals surface area contributed by atoms with Crippen LogP contribution in [-0.4, -0.2) is 11.9 Å². The van der Waals surface area contributed by atoms with Crippen molar-refractivity contribution < 1.29 is 9.21 Å². The van der Waals surface area contributed by atoms with Gasteiger partial charge in [0, 0.05) is 6.04 Å². The van der Waals surface area contributed by atoms with Crippen LogP contribution in [0.5, 0.6) is 0 Å². The Balaban J connectivity index is 2.68. The number of hydrogen-bond donors (Lipinski definition) is 1. The number of nitriles is 1. The third-order valence-electron chi connectivity index (χ3n) is 1.85. The number of carbonyl (C=O) groups excluding carboxylic acids is 1. The van der Waals surface area contributed by atoms with Crippen molar-refractivity contribution in [3.05, 3.63) is 41.9 Å². The molecule has 1 heterocycles. The van der Waals surface area contributed by atoms with Crippen LogP contribution in [0, 0.1) is 11.3 Å². The third-order valence-corrected chi connectivity index (χ3v) is 1.85. The Morgan fingerprint density at radius 2 is 2.35 bits per heavy atom. The van der Waals surface area contributed by atoms with E-state index in [0.29, 0.717) is 5.76 Å². The maximum atomic E-state index is 11.5. The molecule has 0 radical (unpaired) electrons. The molecule has 17 heavy (non-hydrogen) atoms. The topological polar surface area (TPSA) is 66.0 Å². The summed E-state index contributed by atoms with van der Waals surface area (Å²) < 4.78 is 5.07. The quantitative estimate of drug-likeness (QED) is 0.490. The molecule has 0 spiro atoms. The molecule has 0 unspecified atom stereocenters. The van der Waals surface area contributed by atoms with Gasteiger partial charge in [-0.1, -0.05) is 6.08 Å². The second kappa shape index (κ2) is 6.33. The van der Waals surface area contributed by atoms with E-state index < -0.39 is 0 Å². The summed E-state index contributed by atoms with van der Waals surface area (Å²) in [7, 11) is 0. The number of hydrogen-bond acceptors (Lipinski definition) is 3. The molecule has 0 aliphatic carbocycles. The van der Waals surface area contributed by atoms with Gasteiger partial charge in [0.15, 0.2) is 0 Å². The van der Waals surface area contributed by atoms with Gasteiger partial charge in [0.05, 0.1) is 6.26 Å². The number of rotatable bonds is 4. The Morgan fingerprint density at radius 3 is 2.88 bits per heavy atom. The second-order valence-corrected chi connectivity index (χ2v) is 3.69. The summed E-state index contributed by atoms with van der Waals surface area (Å²) in [6, 6.07) is 5.41. The molecule has 0 aromatic carbocycles. The van der Waals surface area contributed by atoms with Gasteiger partial charge in [-0.25, -0.2) is 0 Å². The molecule has 1 N–H and O–H groups in total. The van der Waals surface area contributed by atoms with E-state index in [2.05, 4.69) is 5.32 Å². The fraction of sp³-hybridized carbons (Fsp3) is 0.231. The van der Waals surface area contributed by atoms with Gasteiger partial charge in [-0.05, 0) is 38.1 Å². The molecule has 0 saturated heterocycles. The van der Waals surface area contributed by atoms with Crippen molar-refractivity contribution in [2.45, 2.75) is 19.9 Å². The average Bonchev–Trinajstić information content (AvgIpc) is 2.76. The molecule has 0 aliphatic heterocycles. The van der Waals surface area contributed by atoms with Crippen LogP contribution in [0.2, 0.25) is 0 Å². The molecular formula is C13H14N2O2. The summed E-state index contributed by atoms with van der Waals surface area (Å²) in [6.45, 7) is 3.68. The first-order valence-corrected chi connectivity index (χ1v) is 5.26. The van der Waals surface area contributed by atoms with Crippen molar-refractivity contribution >= 4 is 12.0 Å². The average molecular weight is 230 g/mol. The maximum absolute atomic E-state index is 11.5. The number of nitrogens with one attached hydrogen (secondary N) is 1. The standard InChI is InChI=1S/C13H14N2O2/c1-10(2)15-13(16)11(9-14)5-3-6-12-7-4-8-17-12/h3-8,10H,1-2H3,(H,15,16)/b6-3+,11-5-. The second-order valence-electron chi connectivity index (χ2n) is 3.69. The lowest BCUT2D eigenvalue weighted by Gasteiger charge is -2.05. The highest BCUT2D eigenvalue weighted by Gasteiger charge is 2.08. The van der Waals surface area contributed by atoms with Crippen LogP contribution in [0.25, 0.3) is 6.08 Å². The zero-order chi connectivity index (χ0) is 12.7. The molecule has 88 valence electrons. The molecule has 1 aromatic heterocycles. The van der Waals surface area contributed by atoms with E-state index in [1.54, 1.807) is 30.5 Å². The Kier molecular flexibility index (Phi) is 4.77. The summed E-state index contributed by atoms with van der Waals surface area (Å²) in [5, 5.41) is 11.5. The minimum absolute atomic E-state index is 0.00769. The number of carbonyl (C=O) groups is 1. The van der Waals surface area contributed by atoms with Crippen LogP contribution in [0.1, 0.15) is 19.6 Å². The van der Waals surface area contributed by atoms with Crippen LogP contribution in [0.4, 0.5) is 0 Å². The maximum Gasteiger partial charge on any atom is 0.262 e. The number of amides is 1. The van der Waals surface area contributed by atoms with Crippen molar-refractivity contribution in [1.29, 1.82) is 5.26 Å². The van der Waals surface area contributed by atoms with E-state index in [4.69, 9.17) is 9.68 Å². The zero-order valence-electron chi connectivity index (χ0n) is 9.81. The van der Waals surface area contributed by atoms with Gasteiger partial charge >= 0.3 is 0 Å². The lowest BCUT2D eigenvalue weighted by atomic mass is 10.2. The molecule has 1 aromatic rings. The Bertz CT molecular complexity index is 462. The molecule has 0 fully saturated rings. The molecule has 4 heteroatoms. The summed E-state index contributed by atoms with van der Waals surface area (Å²) in [5.74, 6) is 0.300. The van der Waals surface area contributed by atoms with Crippen LogP contribution in [0.15, 0.2) is 40.5 Å². The van der Waals surface area contributed by atoms with Crippen LogP contribution < -0.4 is 5.32 Å². The van der Waals surface area contributed by atoms with Gasteiger partial charge in [-0.3, -0.25) is 4.79 Å². The fourth-order valence-electron chi connectivity index (χ4n) is 1.13. The van der Waals surface area contributed by atoms with Crippen molar-refractivity contribution in [1.82, 2.24) is 5.32 Å². The minimum Gasteiger partial charge on any atom is -0.465 e. The zero-order valence-corrected chi connectivity index (χ0v) is 9.81. The highest BCUT2D eigenvalue weighted by molar-refractivity contribution is 5.97. The van der Waals surface area contributed by atoms with E-state index >= 15 is 0 Å². The van der Waals surface area contributed by atoms with Crippen molar-refractivity contribution in [3.8, 4) is 6.07 Å². The predicted molar refractivity (Wildman–Crippen MR) is 64.7 cm³/mol. The molecule has 1 amide bonds. The molecule has 4 nitrogen and oxygen atoms in total. The summed E-state index contributed by atoms with van der Waals surface area (Å²) in [6.07, 6.45) is 6.30. The molecular weight excluding hydrogens is 216 g/mol. The number of nitrogens with zero attached hydrogens (tertiary/aromatic N) is 1. The molecule has 0 bridgehead atoms. The monoisotopic (exact) mass is 230 g/mol. The Morgan fingerprint density at radius 1 is 1.59 bits per heavy atom. The first-order valence-electron chi connectivity index (χ1n) is 5.26. The van der Waals surface area contributed by atoms with E-state index in [9.17, 15) is 4.79 Å². The Labute approximate surface area is 100 Å². The van der Waals surface area contributed by atoms with E-state index in [0.717, 1.165) is 0 Å². The van der Waals surface area contributed by atoms with E-state index in [1.807, 2.05) is 19.9 Å². The smallest absolute Gasteiger partial charge is 0.262 e. The molecule has 0 atom stereocenters. The van der Waals surface area contributed by atoms with Gasteiger partial charge in [-0.2, -0.15) is 5.26 Å². The summed E-state index contributed by atoms with van der Waals surface area (Å²) in [4.78, 5) is 11.5. The fourth-order valence-corrected chi connectivity index (χ4v) is 1.13. The van der Waals surface area contributed by atoms with Crippen LogP contribution in [0.3, 0.4) is 0 Å². The minimum atomic E-state index is -0.369. The van der Waals surface area contributed by atoms with Gasteiger partial charge in [0.2, 0.25) is 0 Å². The third kappa shape index (κ3) is 4.39. The Hall–Kier alpha value is -2.28. The van der Waals surface area contributed by atoms with Crippen LogP contribution in [-0.2, 0) is 4.79 Å². The van der Waals surface area contributed by atoms with Gasteiger partial charge in [0.25, 0.3) is 5.91 Å². The molecule has 0 aliphatic rings. The van der Waals surface area contributed by atoms with Gasteiger partial charge in [0.1, 0.15) is 17.4 Å². The lowest BCUT2D eigenvalue weighted by Crippen LogP contribution is -2.30. The highest BCUT2D eigenvalue weighted by atomic mass is 16.3. The van der Waals surface area contributed by atoms with E-state index in [-0.39, 0.29) is 17.5 Å². The lowest BCUT2D eigenvalue weighted by molar-refractivity contribution is -0.117. The summed E-state index contributed by atoms with van der Waals surface area (Å²) >= 11 is 0. The predicted octanol–water partition coefficient (Wildman–Crippen LogP) is 2.27. The van der Waals surface area contributed by atoms with Crippen molar-refractivity contribution in [3.63, 3.8) is 0 Å². The van der Waals surface area contributed by atoms with Crippen LogP contribution >= 0.6 is 0 Å². The van der Waals surface area contributed by atoms with Crippen molar-refractivity contribution in [2.75, 3.05) is 0 Å². The highest BCUT2D eigenvalue weighted by Crippen LogP contribution is 2.03. The first-order chi connectivity index (χ1) is 8.13. The summed E-state index contributed by atoms with van der Waals surface area (Å²) in [5.41, 5.74) is 0.0708.